The summed E-state index contributed by atoms with van der Waals surface area (Å²) in [7, 11) is 0. The highest BCUT2D eigenvalue weighted by atomic mass is 16.3. The summed E-state index contributed by atoms with van der Waals surface area (Å²) in [6, 6.07) is 5.44. The number of piperidine rings is 1. The zero-order chi connectivity index (χ0) is 20.1. The molecule has 1 saturated carbocycles. The molecule has 3 heterocycles. The van der Waals surface area contributed by atoms with Gasteiger partial charge in [-0.05, 0) is 43.4 Å². The Balaban J connectivity index is 1.22. The molecule has 1 saturated heterocycles. The number of nitrogens with zero attached hydrogens (tertiary/aromatic N) is 2. The first-order valence-electron chi connectivity index (χ1n) is 10.8. The normalized spacial score (nSPS) is 18.3. The van der Waals surface area contributed by atoms with E-state index in [1.165, 1.54) is 25.7 Å². The minimum Gasteiger partial charge on any atom is -0.467 e. The van der Waals surface area contributed by atoms with E-state index >= 15 is 0 Å². The molecule has 2 aliphatic rings. The maximum absolute atomic E-state index is 12.5. The van der Waals surface area contributed by atoms with Gasteiger partial charge >= 0.3 is 0 Å². The van der Waals surface area contributed by atoms with Crippen LogP contribution in [0.2, 0.25) is 0 Å². The molecule has 7 heteroatoms. The highest BCUT2D eigenvalue weighted by Crippen LogP contribution is 2.30. The van der Waals surface area contributed by atoms with Gasteiger partial charge in [0, 0.05) is 31.1 Å². The SMILES string of the molecule is O=C(NCc1ccco1)c1cc(C2CCN(C(=O)CCC3CCCC3)CC2)[nH]n1. The molecule has 2 aromatic heterocycles. The predicted molar refractivity (Wildman–Crippen MR) is 108 cm³/mol. The molecule has 29 heavy (non-hydrogen) atoms. The molecule has 7 nitrogen and oxygen atoms in total. The number of likely N-dealkylation sites (tertiary alicyclic amines) is 1. The number of H-pyrrole nitrogens is 1. The van der Waals surface area contributed by atoms with E-state index in [9.17, 15) is 9.59 Å². The number of carbonyl (C=O) groups is 2. The Morgan fingerprint density at radius 2 is 2.00 bits per heavy atom. The number of furan rings is 1. The second kappa shape index (κ2) is 9.29. The lowest BCUT2D eigenvalue weighted by Crippen LogP contribution is -2.38. The molecule has 0 atom stereocenters. The van der Waals surface area contributed by atoms with Crippen molar-refractivity contribution < 1.29 is 14.0 Å². The average Bonchev–Trinajstić information content (AvgIpc) is 3.52. The van der Waals surface area contributed by atoms with Crippen molar-refractivity contribution in [2.75, 3.05) is 13.1 Å². The number of hydrogen-bond donors (Lipinski definition) is 2. The van der Waals surface area contributed by atoms with Crippen molar-refractivity contribution in [3.05, 3.63) is 41.6 Å². The Hall–Kier alpha value is -2.57. The Bertz CT molecular complexity index is 800. The summed E-state index contributed by atoms with van der Waals surface area (Å²) >= 11 is 0. The van der Waals surface area contributed by atoms with Gasteiger partial charge in [-0.25, -0.2) is 0 Å². The quantitative estimate of drug-likeness (QED) is 0.745. The van der Waals surface area contributed by atoms with Gasteiger partial charge in [-0.2, -0.15) is 5.10 Å². The molecule has 2 fully saturated rings. The summed E-state index contributed by atoms with van der Waals surface area (Å²) in [5, 5.41) is 10.00. The van der Waals surface area contributed by atoms with Crippen LogP contribution >= 0.6 is 0 Å². The fraction of sp³-hybridized carbons (Fsp3) is 0.591. The van der Waals surface area contributed by atoms with Crippen molar-refractivity contribution in [3.8, 4) is 0 Å². The molecule has 0 radical (unpaired) electrons. The first kappa shape index (κ1) is 19.7. The van der Waals surface area contributed by atoms with Crippen molar-refractivity contribution in [3.63, 3.8) is 0 Å². The number of aromatic amines is 1. The lowest BCUT2D eigenvalue weighted by molar-refractivity contribution is -0.132. The summed E-state index contributed by atoms with van der Waals surface area (Å²) in [5.41, 5.74) is 1.37. The van der Waals surface area contributed by atoms with Crippen LogP contribution in [-0.4, -0.2) is 40.0 Å². The summed E-state index contributed by atoms with van der Waals surface area (Å²) < 4.78 is 5.22. The first-order chi connectivity index (χ1) is 14.2. The van der Waals surface area contributed by atoms with Crippen LogP contribution in [0.4, 0.5) is 0 Å². The van der Waals surface area contributed by atoms with Crippen molar-refractivity contribution in [1.29, 1.82) is 0 Å². The topological polar surface area (TPSA) is 91.2 Å². The maximum atomic E-state index is 12.5. The van der Waals surface area contributed by atoms with E-state index in [0.29, 0.717) is 36.2 Å². The number of amides is 2. The summed E-state index contributed by atoms with van der Waals surface area (Å²) in [6.07, 6.45) is 10.4. The molecule has 2 aromatic rings. The molecule has 2 N–H and O–H groups in total. The number of nitrogens with one attached hydrogen (secondary N) is 2. The zero-order valence-electron chi connectivity index (χ0n) is 16.9. The minimum atomic E-state index is -0.219. The molecule has 4 rings (SSSR count). The second-order valence-corrected chi connectivity index (χ2v) is 8.31. The van der Waals surface area contributed by atoms with Crippen molar-refractivity contribution in [2.45, 2.75) is 63.8 Å². The predicted octanol–water partition coefficient (Wildman–Crippen LogP) is 3.61. The van der Waals surface area contributed by atoms with Gasteiger partial charge in [-0.1, -0.05) is 25.7 Å². The largest absolute Gasteiger partial charge is 0.467 e. The van der Waals surface area contributed by atoms with Crippen LogP contribution in [0.25, 0.3) is 0 Å². The van der Waals surface area contributed by atoms with Gasteiger partial charge in [0.15, 0.2) is 0 Å². The van der Waals surface area contributed by atoms with Crippen LogP contribution in [0.5, 0.6) is 0 Å². The van der Waals surface area contributed by atoms with Gasteiger partial charge in [0.1, 0.15) is 11.5 Å². The van der Waals surface area contributed by atoms with Crippen molar-refractivity contribution in [2.24, 2.45) is 5.92 Å². The van der Waals surface area contributed by atoms with Gasteiger partial charge in [-0.15, -0.1) is 0 Å². The average molecular weight is 399 g/mol. The fourth-order valence-electron chi connectivity index (χ4n) is 4.56. The Labute approximate surface area is 171 Å². The molecular formula is C22H30N4O3. The van der Waals surface area contributed by atoms with Crippen molar-refractivity contribution >= 4 is 11.8 Å². The van der Waals surface area contributed by atoms with Crippen LogP contribution in [0.1, 0.15) is 79.2 Å². The number of hydrogen-bond acceptors (Lipinski definition) is 4. The molecule has 0 unspecified atom stereocenters. The third-order valence-electron chi connectivity index (χ3n) is 6.36. The summed E-state index contributed by atoms with van der Waals surface area (Å²) in [6.45, 7) is 1.91. The first-order valence-corrected chi connectivity index (χ1v) is 10.8. The smallest absolute Gasteiger partial charge is 0.272 e. The molecule has 156 valence electrons. The van der Waals surface area contributed by atoms with E-state index in [0.717, 1.165) is 44.0 Å². The van der Waals surface area contributed by atoms with Crippen LogP contribution in [0.3, 0.4) is 0 Å². The Morgan fingerprint density at radius 1 is 1.21 bits per heavy atom. The molecule has 0 spiro atoms. The van der Waals surface area contributed by atoms with Gasteiger partial charge in [-0.3, -0.25) is 14.7 Å². The molecule has 0 bridgehead atoms. The van der Waals surface area contributed by atoms with Gasteiger partial charge in [0.25, 0.3) is 5.91 Å². The molecule has 1 aliphatic carbocycles. The summed E-state index contributed by atoms with van der Waals surface area (Å²) in [4.78, 5) is 26.8. The number of aromatic nitrogens is 2. The van der Waals surface area contributed by atoms with E-state index in [-0.39, 0.29) is 5.91 Å². The van der Waals surface area contributed by atoms with E-state index in [1.54, 1.807) is 12.3 Å². The van der Waals surface area contributed by atoms with E-state index in [1.807, 2.05) is 17.0 Å². The van der Waals surface area contributed by atoms with E-state index in [2.05, 4.69) is 15.5 Å². The third-order valence-corrected chi connectivity index (χ3v) is 6.36. The monoisotopic (exact) mass is 398 g/mol. The number of carbonyl (C=O) groups excluding carboxylic acids is 2. The van der Waals surface area contributed by atoms with Crippen LogP contribution in [0.15, 0.2) is 28.9 Å². The van der Waals surface area contributed by atoms with Gasteiger partial charge in [0.05, 0.1) is 12.8 Å². The third kappa shape index (κ3) is 5.08. The highest BCUT2D eigenvalue weighted by molar-refractivity contribution is 5.92. The van der Waals surface area contributed by atoms with E-state index in [4.69, 9.17) is 4.42 Å². The second-order valence-electron chi connectivity index (χ2n) is 8.31. The molecule has 2 amide bonds. The van der Waals surface area contributed by atoms with Gasteiger partial charge < -0.3 is 14.6 Å². The zero-order valence-corrected chi connectivity index (χ0v) is 16.9. The fourth-order valence-corrected chi connectivity index (χ4v) is 4.56. The highest BCUT2D eigenvalue weighted by Gasteiger charge is 2.26. The van der Waals surface area contributed by atoms with Crippen LogP contribution in [0, 0.1) is 5.92 Å². The number of rotatable bonds is 7. The molecular weight excluding hydrogens is 368 g/mol. The Kier molecular flexibility index (Phi) is 6.32. The Morgan fingerprint density at radius 3 is 2.72 bits per heavy atom. The molecule has 1 aliphatic heterocycles. The summed E-state index contributed by atoms with van der Waals surface area (Å²) in [5.74, 6) is 1.87. The minimum absolute atomic E-state index is 0.219. The standard InChI is InChI=1S/C22H30N4O3/c27-21(8-7-16-4-1-2-5-16)26-11-9-17(10-12-26)19-14-20(25-24-19)22(28)23-15-18-6-3-13-29-18/h3,6,13-14,16-17H,1-2,4-5,7-12,15H2,(H,23,28)(H,24,25). The van der Waals surface area contributed by atoms with Gasteiger partial charge in [0.2, 0.25) is 5.91 Å². The van der Waals surface area contributed by atoms with Crippen LogP contribution in [-0.2, 0) is 11.3 Å². The lowest BCUT2D eigenvalue weighted by Gasteiger charge is -2.31. The lowest BCUT2D eigenvalue weighted by atomic mass is 9.93. The van der Waals surface area contributed by atoms with E-state index < -0.39 is 0 Å². The molecule has 0 aromatic carbocycles. The van der Waals surface area contributed by atoms with Crippen LogP contribution < -0.4 is 5.32 Å². The van der Waals surface area contributed by atoms with Crippen molar-refractivity contribution in [1.82, 2.24) is 20.4 Å². The maximum Gasteiger partial charge on any atom is 0.272 e.